The van der Waals surface area contributed by atoms with Gasteiger partial charge in [0, 0.05) is 25.2 Å². The van der Waals surface area contributed by atoms with E-state index in [1.807, 2.05) is 6.92 Å². The lowest BCUT2D eigenvalue weighted by molar-refractivity contribution is -0.132. The van der Waals surface area contributed by atoms with Gasteiger partial charge in [0.15, 0.2) is 0 Å². The minimum absolute atomic E-state index is 0.164. The minimum Gasteiger partial charge on any atom is -0.351 e. The van der Waals surface area contributed by atoms with Crippen LogP contribution in [0.1, 0.15) is 35.7 Å². The second kappa shape index (κ2) is 7.86. The number of likely N-dealkylation sites (tertiary alicyclic amines) is 1. The van der Waals surface area contributed by atoms with Gasteiger partial charge in [0.05, 0.1) is 5.41 Å². The van der Waals surface area contributed by atoms with Crippen LogP contribution in [0.3, 0.4) is 0 Å². The van der Waals surface area contributed by atoms with Crippen molar-refractivity contribution in [2.45, 2.75) is 26.3 Å². The standard InChI is InChI=1S/C21H22F2N2O2/c1-21(20(27)24-13-15-4-2-5-18(23)12-15)10-3-11-25(14-21)19(26)16-6-8-17(22)9-7-16/h2,4-9,12H,3,10-11,13-14H2,1H3,(H,24,27). The van der Waals surface area contributed by atoms with Crippen molar-refractivity contribution in [3.05, 3.63) is 71.3 Å². The zero-order chi connectivity index (χ0) is 19.4. The van der Waals surface area contributed by atoms with E-state index in [1.54, 1.807) is 17.0 Å². The van der Waals surface area contributed by atoms with Crippen LogP contribution in [-0.4, -0.2) is 29.8 Å². The zero-order valence-electron chi connectivity index (χ0n) is 15.2. The average molecular weight is 372 g/mol. The molecule has 0 bridgehead atoms. The maximum atomic E-state index is 13.3. The van der Waals surface area contributed by atoms with Crippen LogP contribution >= 0.6 is 0 Å². The first-order valence-corrected chi connectivity index (χ1v) is 8.95. The van der Waals surface area contributed by atoms with Crippen LogP contribution in [0.2, 0.25) is 0 Å². The Hall–Kier alpha value is -2.76. The molecule has 2 aromatic rings. The number of nitrogens with zero attached hydrogens (tertiary/aromatic N) is 1. The van der Waals surface area contributed by atoms with Gasteiger partial charge in [-0.25, -0.2) is 8.78 Å². The Bertz CT molecular complexity index is 838. The first-order chi connectivity index (χ1) is 12.9. The fourth-order valence-corrected chi connectivity index (χ4v) is 3.42. The first-order valence-electron chi connectivity index (χ1n) is 8.95. The summed E-state index contributed by atoms with van der Waals surface area (Å²) in [6.45, 7) is 2.91. The molecule has 1 atom stereocenters. The van der Waals surface area contributed by atoms with Gasteiger partial charge in [-0.05, 0) is 61.7 Å². The smallest absolute Gasteiger partial charge is 0.253 e. The quantitative estimate of drug-likeness (QED) is 0.893. The molecule has 6 heteroatoms. The molecule has 1 saturated heterocycles. The lowest BCUT2D eigenvalue weighted by atomic mass is 9.80. The number of rotatable bonds is 4. The lowest BCUT2D eigenvalue weighted by Gasteiger charge is -2.39. The number of halogens is 2. The monoisotopic (exact) mass is 372 g/mol. The second-order valence-corrected chi connectivity index (χ2v) is 7.21. The number of carbonyl (C=O) groups excluding carboxylic acids is 2. The van der Waals surface area contributed by atoms with Crippen molar-refractivity contribution in [3.63, 3.8) is 0 Å². The molecule has 1 heterocycles. The van der Waals surface area contributed by atoms with E-state index in [1.165, 1.54) is 36.4 Å². The van der Waals surface area contributed by atoms with E-state index in [0.29, 0.717) is 30.5 Å². The van der Waals surface area contributed by atoms with Crippen LogP contribution in [-0.2, 0) is 11.3 Å². The van der Waals surface area contributed by atoms with Gasteiger partial charge in [-0.3, -0.25) is 9.59 Å². The predicted octanol–water partition coefficient (Wildman–Crippen LogP) is 3.52. The summed E-state index contributed by atoms with van der Waals surface area (Å²) in [5.74, 6) is -1.12. The Morgan fingerprint density at radius 1 is 1.11 bits per heavy atom. The summed E-state index contributed by atoms with van der Waals surface area (Å²) in [6.07, 6.45) is 1.37. The molecule has 1 fully saturated rings. The zero-order valence-corrected chi connectivity index (χ0v) is 15.2. The molecular formula is C21H22F2N2O2. The van der Waals surface area contributed by atoms with Crippen molar-refractivity contribution in [3.8, 4) is 0 Å². The van der Waals surface area contributed by atoms with E-state index in [2.05, 4.69) is 5.32 Å². The summed E-state index contributed by atoms with van der Waals surface area (Å²) < 4.78 is 26.3. The summed E-state index contributed by atoms with van der Waals surface area (Å²) in [6, 6.07) is 11.5. The third-order valence-electron chi connectivity index (χ3n) is 4.97. The highest BCUT2D eigenvalue weighted by Crippen LogP contribution is 2.30. The average Bonchev–Trinajstić information content (AvgIpc) is 2.66. The maximum absolute atomic E-state index is 13.3. The van der Waals surface area contributed by atoms with Crippen molar-refractivity contribution < 1.29 is 18.4 Å². The van der Waals surface area contributed by atoms with E-state index < -0.39 is 11.2 Å². The van der Waals surface area contributed by atoms with E-state index in [0.717, 1.165) is 0 Å². The van der Waals surface area contributed by atoms with Gasteiger partial charge in [0.2, 0.25) is 5.91 Å². The number of nitrogens with one attached hydrogen (secondary N) is 1. The van der Waals surface area contributed by atoms with Crippen molar-refractivity contribution >= 4 is 11.8 Å². The summed E-state index contributed by atoms with van der Waals surface area (Å²) in [4.78, 5) is 27.0. The molecule has 142 valence electrons. The third kappa shape index (κ3) is 4.51. The molecule has 0 aliphatic carbocycles. The molecule has 27 heavy (non-hydrogen) atoms. The van der Waals surface area contributed by atoms with Crippen molar-refractivity contribution in [1.29, 1.82) is 0 Å². The van der Waals surface area contributed by atoms with Crippen LogP contribution in [0.25, 0.3) is 0 Å². The van der Waals surface area contributed by atoms with Gasteiger partial charge in [-0.1, -0.05) is 12.1 Å². The van der Waals surface area contributed by atoms with Crippen LogP contribution < -0.4 is 5.32 Å². The molecule has 2 aromatic carbocycles. The molecule has 1 N–H and O–H groups in total. The van der Waals surface area contributed by atoms with E-state index in [4.69, 9.17) is 0 Å². The minimum atomic E-state index is -0.721. The van der Waals surface area contributed by atoms with Crippen LogP contribution in [0, 0.1) is 17.0 Å². The maximum Gasteiger partial charge on any atom is 0.253 e. The highest BCUT2D eigenvalue weighted by molar-refractivity contribution is 5.95. The Balaban J connectivity index is 1.65. The highest BCUT2D eigenvalue weighted by atomic mass is 19.1. The number of carbonyl (C=O) groups is 2. The summed E-state index contributed by atoms with van der Waals surface area (Å²) in [5.41, 5.74) is 0.365. The molecule has 3 rings (SSSR count). The fraction of sp³-hybridized carbons (Fsp3) is 0.333. The Morgan fingerprint density at radius 3 is 2.56 bits per heavy atom. The molecule has 0 saturated carbocycles. The number of hydrogen-bond acceptors (Lipinski definition) is 2. The fourth-order valence-electron chi connectivity index (χ4n) is 3.42. The predicted molar refractivity (Wildman–Crippen MR) is 97.9 cm³/mol. The van der Waals surface area contributed by atoms with Crippen molar-refractivity contribution in [2.75, 3.05) is 13.1 Å². The van der Waals surface area contributed by atoms with Crippen molar-refractivity contribution in [1.82, 2.24) is 10.2 Å². The van der Waals surface area contributed by atoms with E-state index >= 15 is 0 Å². The van der Waals surface area contributed by atoms with Crippen LogP contribution in [0.5, 0.6) is 0 Å². The van der Waals surface area contributed by atoms with Gasteiger partial charge in [0.1, 0.15) is 11.6 Å². The summed E-state index contributed by atoms with van der Waals surface area (Å²) >= 11 is 0. The molecule has 2 amide bonds. The van der Waals surface area contributed by atoms with Gasteiger partial charge < -0.3 is 10.2 Å². The Labute approximate surface area is 157 Å². The highest BCUT2D eigenvalue weighted by Gasteiger charge is 2.39. The Kier molecular flexibility index (Phi) is 5.54. The normalized spacial score (nSPS) is 19.6. The number of benzene rings is 2. The van der Waals surface area contributed by atoms with Gasteiger partial charge in [-0.15, -0.1) is 0 Å². The molecule has 4 nitrogen and oxygen atoms in total. The summed E-state index contributed by atoms with van der Waals surface area (Å²) in [5, 5.41) is 2.85. The van der Waals surface area contributed by atoms with Crippen molar-refractivity contribution in [2.24, 2.45) is 5.41 Å². The second-order valence-electron chi connectivity index (χ2n) is 7.21. The molecule has 1 aliphatic heterocycles. The third-order valence-corrected chi connectivity index (χ3v) is 4.97. The van der Waals surface area contributed by atoms with E-state index in [-0.39, 0.29) is 30.7 Å². The molecule has 0 spiro atoms. The SMILES string of the molecule is CC1(C(=O)NCc2cccc(F)c2)CCCN(C(=O)c2ccc(F)cc2)C1. The van der Waals surface area contributed by atoms with Gasteiger partial charge in [0.25, 0.3) is 5.91 Å². The number of hydrogen-bond donors (Lipinski definition) is 1. The topological polar surface area (TPSA) is 49.4 Å². The first kappa shape index (κ1) is 19.0. The number of piperidine rings is 1. The van der Waals surface area contributed by atoms with Crippen LogP contribution in [0.4, 0.5) is 8.78 Å². The van der Waals surface area contributed by atoms with Gasteiger partial charge >= 0.3 is 0 Å². The lowest BCUT2D eigenvalue weighted by Crippen LogP contribution is -2.51. The van der Waals surface area contributed by atoms with Crippen LogP contribution in [0.15, 0.2) is 48.5 Å². The number of amides is 2. The molecule has 0 aromatic heterocycles. The molecule has 0 radical (unpaired) electrons. The van der Waals surface area contributed by atoms with E-state index in [9.17, 15) is 18.4 Å². The largest absolute Gasteiger partial charge is 0.351 e. The molecule has 1 aliphatic rings. The molecule has 1 unspecified atom stereocenters. The van der Waals surface area contributed by atoms with Gasteiger partial charge in [-0.2, -0.15) is 0 Å². The summed E-state index contributed by atoms with van der Waals surface area (Å²) in [7, 11) is 0. The Morgan fingerprint density at radius 2 is 1.85 bits per heavy atom. The molecular weight excluding hydrogens is 350 g/mol.